The molecule has 0 fully saturated rings. The number of nitrogens with zero attached hydrogens (tertiary/aromatic N) is 5. The second-order valence-corrected chi connectivity index (χ2v) is 8.11. The van der Waals surface area contributed by atoms with Crippen LogP contribution in [0.25, 0.3) is 16.6 Å². The average molecular weight is 461 g/mol. The number of rotatable bonds is 2. The number of pyridine rings is 1. The van der Waals surface area contributed by atoms with E-state index in [1.165, 1.54) is 11.1 Å². The third kappa shape index (κ3) is 3.13. The van der Waals surface area contributed by atoms with Crippen molar-refractivity contribution < 1.29 is 18.0 Å². The van der Waals surface area contributed by atoms with Crippen LogP contribution in [-0.4, -0.2) is 37.2 Å². The zero-order chi connectivity index (χ0) is 22.8. The number of anilines is 1. The number of aryl methyl sites for hydroxylation is 1. The molecule has 0 saturated heterocycles. The van der Waals surface area contributed by atoms with E-state index in [2.05, 4.69) is 15.0 Å². The summed E-state index contributed by atoms with van der Waals surface area (Å²) in [5.41, 5.74) is 8.14. The van der Waals surface area contributed by atoms with E-state index in [0.29, 0.717) is 40.5 Å². The van der Waals surface area contributed by atoms with Gasteiger partial charge in [-0.15, -0.1) is 0 Å². The van der Waals surface area contributed by atoms with Crippen LogP contribution in [0.4, 0.5) is 19.0 Å². The predicted molar refractivity (Wildman–Crippen MR) is 112 cm³/mol. The number of fused-ring (bicyclic) bond motifs is 4. The number of aromatic nitrogens is 4. The summed E-state index contributed by atoms with van der Waals surface area (Å²) in [6, 6.07) is 3.84. The Balaban J connectivity index is 1.53. The SMILES string of the molecule is CN(C(=O)c1cc2c(cc1Cl)nc(N)c1cncn12)[C@@H]1CCc2cc(C(F)(F)F)ncc21. The van der Waals surface area contributed by atoms with Crippen molar-refractivity contribution in [3.05, 3.63) is 64.3 Å². The van der Waals surface area contributed by atoms with Crippen molar-refractivity contribution >= 4 is 39.9 Å². The van der Waals surface area contributed by atoms with Crippen molar-refractivity contribution in [2.75, 3.05) is 12.8 Å². The number of carbonyl (C=O) groups excluding carboxylic acids is 1. The minimum Gasteiger partial charge on any atom is -0.382 e. The summed E-state index contributed by atoms with van der Waals surface area (Å²) in [5.74, 6) is -0.0738. The minimum absolute atomic E-state index is 0.199. The zero-order valence-electron chi connectivity index (χ0n) is 16.7. The summed E-state index contributed by atoms with van der Waals surface area (Å²) in [6.07, 6.45) is 0.760. The van der Waals surface area contributed by atoms with Crippen LogP contribution in [0, 0.1) is 0 Å². The van der Waals surface area contributed by atoms with Gasteiger partial charge >= 0.3 is 6.18 Å². The fourth-order valence-electron chi connectivity index (χ4n) is 4.22. The van der Waals surface area contributed by atoms with Gasteiger partial charge in [0.15, 0.2) is 0 Å². The Morgan fingerprint density at radius 3 is 2.78 bits per heavy atom. The van der Waals surface area contributed by atoms with E-state index in [9.17, 15) is 18.0 Å². The summed E-state index contributed by atoms with van der Waals surface area (Å²) in [6.45, 7) is 0. The number of imidazole rings is 1. The first-order valence-corrected chi connectivity index (χ1v) is 10.1. The van der Waals surface area contributed by atoms with E-state index in [-0.39, 0.29) is 22.3 Å². The molecule has 1 amide bonds. The Kier molecular flexibility index (Phi) is 4.52. The molecule has 1 aliphatic carbocycles. The number of halogens is 4. The Hall–Kier alpha value is -3.40. The van der Waals surface area contributed by atoms with Gasteiger partial charge in [-0.3, -0.25) is 14.2 Å². The lowest BCUT2D eigenvalue weighted by molar-refractivity contribution is -0.141. The largest absolute Gasteiger partial charge is 0.433 e. The highest BCUT2D eigenvalue weighted by molar-refractivity contribution is 6.34. The molecule has 1 aromatic carbocycles. The summed E-state index contributed by atoms with van der Waals surface area (Å²) < 4.78 is 40.7. The van der Waals surface area contributed by atoms with Crippen LogP contribution in [0.1, 0.15) is 39.6 Å². The first-order valence-electron chi connectivity index (χ1n) is 9.69. The van der Waals surface area contributed by atoms with E-state index in [4.69, 9.17) is 17.3 Å². The highest BCUT2D eigenvalue weighted by atomic mass is 35.5. The standard InChI is InChI=1S/C21H16ClF3N6O/c1-30(15-3-2-10-4-18(21(23,24)25)28-7-12(10)15)20(32)11-5-16-14(6-13(11)22)29-19(26)17-8-27-9-31(16)17/h4-9,15H,2-3H2,1H3,(H2,26,29)/t15-/m1/s1. The van der Waals surface area contributed by atoms with Gasteiger partial charge in [-0.1, -0.05) is 11.6 Å². The van der Waals surface area contributed by atoms with Gasteiger partial charge in [0.25, 0.3) is 5.91 Å². The van der Waals surface area contributed by atoms with Crippen molar-refractivity contribution in [3.8, 4) is 0 Å². The number of hydrogen-bond acceptors (Lipinski definition) is 5. The number of alkyl halides is 3. The topological polar surface area (TPSA) is 89.4 Å². The molecule has 3 heterocycles. The molecule has 0 unspecified atom stereocenters. The molecule has 2 N–H and O–H groups in total. The minimum atomic E-state index is -4.51. The average Bonchev–Trinajstić information content (AvgIpc) is 3.39. The summed E-state index contributed by atoms with van der Waals surface area (Å²) in [7, 11) is 1.61. The lowest BCUT2D eigenvalue weighted by atomic mass is 10.1. The smallest absolute Gasteiger partial charge is 0.382 e. The molecule has 4 aromatic rings. The molecule has 1 aliphatic rings. The fourth-order valence-corrected chi connectivity index (χ4v) is 4.46. The molecule has 0 bridgehead atoms. The maximum atomic E-state index is 13.3. The maximum absolute atomic E-state index is 13.3. The molecule has 32 heavy (non-hydrogen) atoms. The first-order chi connectivity index (χ1) is 15.1. The van der Waals surface area contributed by atoms with E-state index < -0.39 is 17.9 Å². The lowest BCUT2D eigenvalue weighted by Gasteiger charge is -2.26. The van der Waals surface area contributed by atoms with Crippen LogP contribution < -0.4 is 5.73 Å². The van der Waals surface area contributed by atoms with Gasteiger partial charge in [-0.2, -0.15) is 13.2 Å². The number of nitrogens with two attached hydrogens (primary N) is 1. The van der Waals surface area contributed by atoms with Gasteiger partial charge in [0.2, 0.25) is 0 Å². The van der Waals surface area contributed by atoms with Crippen LogP contribution >= 0.6 is 11.6 Å². The number of amides is 1. The van der Waals surface area contributed by atoms with Gasteiger partial charge in [0.1, 0.15) is 17.0 Å². The molecular formula is C21H16ClF3N6O. The number of hydrogen-bond donors (Lipinski definition) is 1. The van der Waals surface area contributed by atoms with Crippen molar-refractivity contribution in [3.63, 3.8) is 0 Å². The third-order valence-corrected chi connectivity index (χ3v) is 6.16. The monoisotopic (exact) mass is 460 g/mol. The normalized spacial score (nSPS) is 16.0. The van der Waals surface area contributed by atoms with E-state index >= 15 is 0 Å². The van der Waals surface area contributed by atoms with E-state index in [0.717, 1.165) is 6.07 Å². The Morgan fingerprint density at radius 1 is 1.25 bits per heavy atom. The molecule has 7 nitrogen and oxygen atoms in total. The molecule has 11 heteroatoms. The molecule has 0 saturated carbocycles. The predicted octanol–water partition coefficient (Wildman–Crippen LogP) is 4.29. The molecule has 0 spiro atoms. The lowest BCUT2D eigenvalue weighted by Crippen LogP contribution is -2.30. The van der Waals surface area contributed by atoms with Gasteiger partial charge in [-0.25, -0.2) is 9.97 Å². The second-order valence-electron chi connectivity index (χ2n) is 7.70. The number of carbonyl (C=O) groups is 1. The quantitative estimate of drug-likeness (QED) is 0.482. The van der Waals surface area contributed by atoms with Crippen LogP contribution in [0.2, 0.25) is 5.02 Å². The second kappa shape index (κ2) is 7.06. The Labute approximate surface area is 184 Å². The summed E-state index contributed by atoms with van der Waals surface area (Å²) in [5, 5.41) is 0.199. The molecule has 0 aliphatic heterocycles. The van der Waals surface area contributed by atoms with Gasteiger partial charge < -0.3 is 10.6 Å². The van der Waals surface area contributed by atoms with Crippen molar-refractivity contribution in [1.82, 2.24) is 24.3 Å². The molecular weight excluding hydrogens is 445 g/mol. The molecule has 0 radical (unpaired) electrons. The van der Waals surface area contributed by atoms with Crippen molar-refractivity contribution in [2.45, 2.75) is 25.1 Å². The molecule has 3 aromatic heterocycles. The first kappa shape index (κ1) is 20.5. The summed E-state index contributed by atoms with van der Waals surface area (Å²) in [4.78, 5) is 26.8. The molecule has 5 rings (SSSR count). The maximum Gasteiger partial charge on any atom is 0.433 e. The third-order valence-electron chi connectivity index (χ3n) is 5.84. The zero-order valence-corrected chi connectivity index (χ0v) is 17.4. The molecule has 1 atom stereocenters. The van der Waals surface area contributed by atoms with Crippen LogP contribution in [-0.2, 0) is 12.6 Å². The van der Waals surface area contributed by atoms with Gasteiger partial charge in [-0.05, 0) is 42.2 Å². The van der Waals surface area contributed by atoms with Crippen molar-refractivity contribution in [2.24, 2.45) is 0 Å². The Bertz CT molecular complexity index is 1400. The van der Waals surface area contributed by atoms with Gasteiger partial charge in [0.05, 0.1) is 40.2 Å². The number of nitrogen functional groups attached to an aromatic ring is 1. The fraction of sp³-hybridized carbons (Fsp3) is 0.238. The molecule has 164 valence electrons. The van der Waals surface area contributed by atoms with Crippen LogP contribution in [0.15, 0.2) is 36.9 Å². The van der Waals surface area contributed by atoms with E-state index in [1.54, 1.807) is 36.1 Å². The van der Waals surface area contributed by atoms with Crippen molar-refractivity contribution in [1.29, 1.82) is 0 Å². The highest BCUT2D eigenvalue weighted by Gasteiger charge is 2.36. The van der Waals surface area contributed by atoms with E-state index in [1.807, 2.05) is 0 Å². The van der Waals surface area contributed by atoms with Gasteiger partial charge in [0, 0.05) is 13.2 Å². The van der Waals surface area contributed by atoms with Crippen LogP contribution in [0.3, 0.4) is 0 Å². The summed E-state index contributed by atoms with van der Waals surface area (Å²) >= 11 is 6.41. The Morgan fingerprint density at radius 2 is 2.03 bits per heavy atom. The number of benzene rings is 1. The highest BCUT2D eigenvalue weighted by Crippen LogP contribution is 2.39. The van der Waals surface area contributed by atoms with Crippen LogP contribution in [0.5, 0.6) is 0 Å².